The molecule has 1 aromatic rings. The van der Waals surface area contributed by atoms with Crippen LogP contribution in [0, 0.1) is 6.92 Å². The van der Waals surface area contributed by atoms with Crippen LogP contribution < -0.4 is 10.9 Å². The summed E-state index contributed by atoms with van der Waals surface area (Å²) in [6.07, 6.45) is 0. The van der Waals surface area contributed by atoms with Crippen molar-refractivity contribution in [3.63, 3.8) is 0 Å². The monoisotopic (exact) mass is 136 g/mol. The van der Waals surface area contributed by atoms with Gasteiger partial charge in [0.2, 0.25) is 0 Å². The number of hydrazine groups is 1. The van der Waals surface area contributed by atoms with Crippen molar-refractivity contribution in [3.05, 3.63) is 29.8 Å². The third-order valence-electron chi connectivity index (χ3n) is 1.29. The van der Waals surface area contributed by atoms with Crippen LogP contribution in [-0.4, -0.2) is 7.05 Å². The Bertz CT molecular complexity index is 208. The summed E-state index contributed by atoms with van der Waals surface area (Å²) in [6, 6.07) is 8.19. The molecule has 1 aromatic carbocycles. The first-order chi connectivity index (χ1) is 4.83. The zero-order valence-corrected chi connectivity index (χ0v) is 6.31. The first-order valence-electron chi connectivity index (χ1n) is 3.32. The van der Waals surface area contributed by atoms with E-state index < -0.39 is 0 Å². The van der Waals surface area contributed by atoms with Gasteiger partial charge in [-0.05, 0) is 24.6 Å². The second-order valence-corrected chi connectivity index (χ2v) is 2.24. The van der Waals surface area contributed by atoms with Gasteiger partial charge in [0.1, 0.15) is 0 Å². The lowest BCUT2D eigenvalue weighted by Crippen LogP contribution is -2.14. The number of hydrogen-bond donors (Lipinski definition) is 2. The molecule has 0 aromatic heterocycles. The maximum absolute atomic E-state index is 3.00. The first kappa shape index (κ1) is 7.09. The molecule has 0 amide bonds. The fourth-order valence-electron chi connectivity index (χ4n) is 0.867. The van der Waals surface area contributed by atoms with Crippen LogP contribution in [0.4, 0.5) is 5.69 Å². The Hall–Kier alpha value is -1.02. The molecule has 2 N–H and O–H groups in total. The van der Waals surface area contributed by atoms with Crippen LogP contribution in [0.1, 0.15) is 5.56 Å². The highest BCUT2D eigenvalue weighted by Crippen LogP contribution is 2.07. The summed E-state index contributed by atoms with van der Waals surface area (Å²) in [4.78, 5) is 0. The zero-order chi connectivity index (χ0) is 7.40. The molecule has 0 aliphatic rings. The highest BCUT2D eigenvalue weighted by Gasteiger charge is 1.86. The van der Waals surface area contributed by atoms with Gasteiger partial charge in [-0.25, -0.2) is 5.43 Å². The van der Waals surface area contributed by atoms with Gasteiger partial charge < -0.3 is 5.43 Å². The minimum atomic E-state index is 1.10. The lowest BCUT2D eigenvalue weighted by Gasteiger charge is -2.03. The molecule has 0 saturated carbocycles. The van der Waals surface area contributed by atoms with E-state index in [0.717, 1.165) is 5.69 Å². The number of nitrogens with one attached hydrogen (secondary N) is 2. The van der Waals surface area contributed by atoms with Crippen LogP contribution in [0.5, 0.6) is 0 Å². The SMILES string of the molecule is CNNc1cccc(C)c1. The molecule has 0 radical (unpaired) electrons. The van der Waals surface area contributed by atoms with Crippen molar-refractivity contribution in [2.75, 3.05) is 12.5 Å². The van der Waals surface area contributed by atoms with E-state index in [9.17, 15) is 0 Å². The number of rotatable bonds is 2. The van der Waals surface area contributed by atoms with Gasteiger partial charge >= 0.3 is 0 Å². The Labute approximate surface area is 61.2 Å². The molecule has 0 unspecified atom stereocenters. The van der Waals surface area contributed by atoms with E-state index >= 15 is 0 Å². The molecule has 0 bridgehead atoms. The van der Waals surface area contributed by atoms with Gasteiger partial charge in [-0.15, -0.1) is 0 Å². The maximum atomic E-state index is 3.00. The van der Waals surface area contributed by atoms with Gasteiger partial charge in [0.15, 0.2) is 0 Å². The third kappa shape index (κ3) is 1.74. The Balaban J connectivity index is 2.75. The van der Waals surface area contributed by atoms with E-state index in [1.807, 2.05) is 19.2 Å². The van der Waals surface area contributed by atoms with Crippen LogP contribution >= 0.6 is 0 Å². The van der Waals surface area contributed by atoms with Crippen LogP contribution in [-0.2, 0) is 0 Å². The molecule has 1 rings (SSSR count). The molecule has 2 heteroatoms. The molecule has 0 fully saturated rings. The minimum absolute atomic E-state index is 1.10. The van der Waals surface area contributed by atoms with Crippen molar-refractivity contribution >= 4 is 5.69 Å². The van der Waals surface area contributed by atoms with E-state index in [1.165, 1.54) is 5.56 Å². The lowest BCUT2D eigenvalue weighted by atomic mass is 10.2. The highest BCUT2D eigenvalue weighted by atomic mass is 15.3. The fourth-order valence-corrected chi connectivity index (χ4v) is 0.867. The van der Waals surface area contributed by atoms with Crippen molar-refractivity contribution in [2.45, 2.75) is 6.92 Å². The van der Waals surface area contributed by atoms with Crippen molar-refractivity contribution in [1.82, 2.24) is 5.43 Å². The van der Waals surface area contributed by atoms with E-state index in [0.29, 0.717) is 0 Å². The second-order valence-electron chi connectivity index (χ2n) is 2.24. The van der Waals surface area contributed by atoms with Crippen molar-refractivity contribution < 1.29 is 0 Å². The number of hydrogen-bond acceptors (Lipinski definition) is 2. The Morgan fingerprint density at radius 3 is 2.70 bits per heavy atom. The van der Waals surface area contributed by atoms with Crippen LogP contribution in [0.2, 0.25) is 0 Å². The zero-order valence-electron chi connectivity index (χ0n) is 6.31. The molecule has 54 valence electrons. The predicted octanol–water partition coefficient (Wildman–Crippen LogP) is 1.54. The maximum Gasteiger partial charge on any atom is 0.0490 e. The summed E-state index contributed by atoms with van der Waals surface area (Å²) in [6.45, 7) is 2.07. The molecule has 0 heterocycles. The second kappa shape index (κ2) is 3.22. The largest absolute Gasteiger partial charge is 0.322 e. The van der Waals surface area contributed by atoms with Crippen molar-refractivity contribution in [1.29, 1.82) is 0 Å². The summed E-state index contributed by atoms with van der Waals surface area (Å²) in [5.41, 5.74) is 8.22. The molecule has 10 heavy (non-hydrogen) atoms. The molecule has 0 aliphatic heterocycles. The van der Waals surface area contributed by atoms with Gasteiger partial charge in [-0.1, -0.05) is 12.1 Å². The lowest BCUT2D eigenvalue weighted by molar-refractivity contribution is 0.983. The number of benzene rings is 1. The van der Waals surface area contributed by atoms with E-state index in [-0.39, 0.29) is 0 Å². The molecular weight excluding hydrogens is 124 g/mol. The average Bonchev–Trinajstić information content (AvgIpc) is 1.88. The Morgan fingerprint density at radius 1 is 1.30 bits per heavy atom. The van der Waals surface area contributed by atoms with Crippen molar-refractivity contribution in [3.8, 4) is 0 Å². The van der Waals surface area contributed by atoms with Crippen molar-refractivity contribution in [2.24, 2.45) is 0 Å². The number of aryl methyl sites for hydroxylation is 1. The van der Waals surface area contributed by atoms with E-state index in [4.69, 9.17) is 0 Å². The molecule has 2 nitrogen and oxygen atoms in total. The summed E-state index contributed by atoms with van der Waals surface area (Å²) in [5.74, 6) is 0. The van der Waals surface area contributed by atoms with Gasteiger partial charge in [-0.2, -0.15) is 0 Å². The normalized spacial score (nSPS) is 9.40. The van der Waals surface area contributed by atoms with E-state index in [1.54, 1.807) is 0 Å². The van der Waals surface area contributed by atoms with Gasteiger partial charge in [0.25, 0.3) is 0 Å². The highest BCUT2D eigenvalue weighted by molar-refractivity contribution is 5.44. The Kier molecular flexibility index (Phi) is 2.29. The summed E-state index contributed by atoms with van der Waals surface area (Å²) >= 11 is 0. The van der Waals surface area contributed by atoms with E-state index in [2.05, 4.69) is 29.9 Å². The Morgan fingerprint density at radius 2 is 2.10 bits per heavy atom. The number of anilines is 1. The standard InChI is InChI=1S/C8H12N2/c1-7-4-3-5-8(6-7)10-9-2/h3-6,9-10H,1-2H3. The molecule has 0 spiro atoms. The molecule has 0 saturated heterocycles. The topological polar surface area (TPSA) is 24.1 Å². The average molecular weight is 136 g/mol. The molecule has 0 atom stereocenters. The minimum Gasteiger partial charge on any atom is -0.322 e. The van der Waals surface area contributed by atoms with Gasteiger partial charge in [-0.3, -0.25) is 0 Å². The van der Waals surface area contributed by atoms with Crippen LogP contribution in [0.15, 0.2) is 24.3 Å². The quantitative estimate of drug-likeness (QED) is 0.603. The summed E-state index contributed by atoms with van der Waals surface area (Å²) in [7, 11) is 1.85. The summed E-state index contributed by atoms with van der Waals surface area (Å²) < 4.78 is 0. The van der Waals surface area contributed by atoms with Crippen LogP contribution in [0.3, 0.4) is 0 Å². The first-order valence-corrected chi connectivity index (χ1v) is 3.32. The molecule has 0 aliphatic carbocycles. The third-order valence-corrected chi connectivity index (χ3v) is 1.29. The van der Waals surface area contributed by atoms with Crippen LogP contribution in [0.25, 0.3) is 0 Å². The molecular formula is C8H12N2. The van der Waals surface area contributed by atoms with Gasteiger partial charge in [0, 0.05) is 12.7 Å². The predicted molar refractivity (Wildman–Crippen MR) is 43.9 cm³/mol. The van der Waals surface area contributed by atoms with Gasteiger partial charge in [0.05, 0.1) is 0 Å². The smallest absolute Gasteiger partial charge is 0.0490 e. The fraction of sp³-hybridized carbons (Fsp3) is 0.250. The summed E-state index contributed by atoms with van der Waals surface area (Å²) in [5, 5.41) is 0.